The Morgan fingerprint density at radius 3 is 2.39 bits per heavy atom. The van der Waals surface area contributed by atoms with Crippen LogP contribution in [0.3, 0.4) is 0 Å². The standard InChI is InChI=1S/C17H28N2O12/c1-7(20)19-14(25)13-10(22)5-17(29,16(27)28)31-11(13)4-8(21)6-30-15(26)9(18)2-3-12(23)24/h8-11,13-14,21-22,25,29H,2-6,18H2,1H3,(H,19,20)(H,23,24)(H,27,28)/t8-,9+,10?,11?,13?,14-,17?/m0/s1. The highest BCUT2D eigenvalue weighted by Crippen LogP contribution is 2.35. The number of carbonyl (C=O) groups excluding carboxylic acids is 2. The molecular weight excluding hydrogens is 424 g/mol. The van der Waals surface area contributed by atoms with E-state index in [2.05, 4.69) is 5.32 Å². The van der Waals surface area contributed by atoms with E-state index in [1.165, 1.54) is 0 Å². The van der Waals surface area contributed by atoms with Crippen LogP contribution < -0.4 is 11.1 Å². The number of esters is 1. The normalized spacial score (nSPS) is 28.8. The van der Waals surface area contributed by atoms with Crippen molar-refractivity contribution >= 4 is 23.8 Å². The molecule has 0 aliphatic carbocycles. The van der Waals surface area contributed by atoms with Crippen LogP contribution in [0.15, 0.2) is 0 Å². The summed E-state index contributed by atoms with van der Waals surface area (Å²) < 4.78 is 9.90. The van der Waals surface area contributed by atoms with Gasteiger partial charge in [-0.2, -0.15) is 0 Å². The molecule has 1 rings (SSSR count). The minimum atomic E-state index is -2.81. The fraction of sp³-hybridized carbons (Fsp3) is 0.765. The van der Waals surface area contributed by atoms with Crippen LogP contribution in [0, 0.1) is 5.92 Å². The molecule has 178 valence electrons. The lowest BCUT2D eigenvalue weighted by Crippen LogP contribution is -2.61. The number of aliphatic carboxylic acids is 2. The number of carboxylic acid groups (broad SMARTS) is 2. The molecule has 0 aromatic heterocycles. The Balaban J connectivity index is 2.82. The maximum atomic E-state index is 11.8. The van der Waals surface area contributed by atoms with E-state index in [1.807, 2.05) is 0 Å². The van der Waals surface area contributed by atoms with Gasteiger partial charge in [-0.1, -0.05) is 0 Å². The molecule has 0 aromatic carbocycles. The van der Waals surface area contributed by atoms with Crippen LogP contribution >= 0.6 is 0 Å². The number of aliphatic hydroxyl groups is 4. The van der Waals surface area contributed by atoms with Crippen LogP contribution in [-0.4, -0.2) is 97.4 Å². The van der Waals surface area contributed by atoms with E-state index in [1.54, 1.807) is 0 Å². The van der Waals surface area contributed by atoms with E-state index >= 15 is 0 Å². The van der Waals surface area contributed by atoms with Crippen molar-refractivity contribution in [3.05, 3.63) is 0 Å². The Morgan fingerprint density at radius 2 is 1.87 bits per heavy atom. The number of ether oxygens (including phenoxy) is 2. The summed E-state index contributed by atoms with van der Waals surface area (Å²) in [5.74, 6) is -8.76. The predicted molar refractivity (Wildman–Crippen MR) is 97.8 cm³/mol. The van der Waals surface area contributed by atoms with Gasteiger partial charge in [-0.05, 0) is 6.42 Å². The Kier molecular flexibility index (Phi) is 9.73. The molecule has 0 aromatic rings. The van der Waals surface area contributed by atoms with Crippen molar-refractivity contribution in [2.45, 2.75) is 69.0 Å². The van der Waals surface area contributed by atoms with Gasteiger partial charge in [-0.3, -0.25) is 14.4 Å². The van der Waals surface area contributed by atoms with Crippen LogP contribution in [0.25, 0.3) is 0 Å². The summed E-state index contributed by atoms with van der Waals surface area (Å²) >= 11 is 0. The largest absolute Gasteiger partial charge is 0.481 e. The third-order valence-electron chi connectivity index (χ3n) is 4.65. The summed E-state index contributed by atoms with van der Waals surface area (Å²) in [5, 5.41) is 60.5. The Bertz CT molecular complexity index is 673. The molecule has 1 saturated heterocycles. The second kappa shape index (κ2) is 11.3. The predicted octanol–water partition coefficient (Wildman–Crippen LogP) is -3.53. The molecule has 0 saturated carbocycles. The van der Waals surface area contributed by atoms with Gasteiger partial charge in [-0.25, -0.2) is 4.79 Å². The van der Waals surface area contributed by atoms with Crippen LogP contribution in [0.5, 0.6) is 0 Å². The first kappa shape index (κ1) is 26.7. The van der Waals surface area contributed by atoms with Crippen molar-refractivity contribution in [2.75, 3.05) is 6.61 Å². The zero-order valence-corrected chi connectivity index (χ0v) is 16.7. The topological polar surface area (TPSA) is 246 Å². The summed E-state index contributed by atoms with van der Waals surface area (Å²) in [7, 11) is 0. The number of nitrogens with two attached hydrogens (primary N) is 1. The van der Waals surface area contributed by atoms with Crippen molar-refractivity contribution in [2.24, 2.45) is 11.7 Å². The van der Waals surface area contributed by atoms with E-state index in [9.17, 15) is 39.6 Å². The third-order valence-corrected chi connectivity index (χ3v) is 4.65. The molecule has 0 bridgehead atoms. The highest BCUT2D eigenvalue weighted by molar-refractivity contribution is 5.77. The van der Waals surface area contributed by atoms with Crippen LogP contribution in [0.2, 0.25) is 0 Å². The first-order chi connectivity index (χ1) is 14.3. The van der Waals surface area contributed by atoms with Crippen molar-refractivity contribution in [3.63, 3.8) is 0 Å². The lowest BCUT2D eigenvalue weighted by molar-refractivity contribution is -0.297. The number of aliphatic hydroxyl groups excluding tert-OH is 3. The molecule has 4 unspecified atom stereocenters. The summed E-state index contributed by atoms with van der Waals surface area (Å²) in [5.41, 5.74) is 5.48. The molecule has 0 radical (unpaired) electrons. The number of hydrogen-bond donors (Lipinski definition) is 8. The van der Waals surface area contributed by atoms with E-state index in [0.29, 0.717) is 0 Å². The molecule has 14 heteroatoms. The van der Waals surface area contributed by atoms with Crippen molar-refractivity contribution in [3.8, 4) is 0 Å². The summed E-state index contributed by atoms with van der Waals surface area (Å²) in [6.45, 7) is 0.438. The summed E-state index contributed by atoms with van der Waals surface area (Å²) in [6.07, 6.45) is -8.20. The smallest absolute Gasteiger partial charge is 0.364 e. The zero-order valence-electron chi connectivity index (χ0n) is 16.7. The molecule has 1 aliphatic heterocycles. The number of rotatable bonds is 11. The molecule has 14 nitrogen and oxygen atoms in total. The Hall–Kier alpha value is -2.36. The fourth-order valence-corrected chi connectivity index (χ4v) is 3.12. The Morgan fingerprint density at radius 1 is 1.26 bits per heavy atom. The maximum absolute atomic E-state index is 11.8. The van der Waals surface area contributed by atoms with Crippen LogP contribution in [0.1, 0.15) is 32.6 Å². The average molecular weight is 452 g/mol. The second-order valence-electron chi connectivity index (χ2n) is 7.30. The van der Waals surface area contributed by atoms with Gasteiger partial charge in [0.05, 0.1) is 24.2 Å². The van der Waals surface area contributed by atoms with Gasteiger partial charge in [0.15, 0.2) is 0 Å². The third kappa shape index (κ3) is 8.01. The molecule has 1 fully saturated rings. The summed E-state index contributed by atoms with van der Waals surface area (Å²) in [6, 6.07) is -1.25. The molecule has 31 heavy (non-hydrogen) atoms. The monoisotopic (exact) mass is 452 g/mol. The molecule has 1 heterocycles. The average Bonchev–Trinajstić information content (AvgIpc) is 2.62. The first-order valence-corrected chi connectivity index (χ1v) is 9.35. The highest BCUT2D eigenvalue weighted by Gasteiger charge is 2.53. The number of nitrogens with one attached hydrogen (secondary N) is 1. The van der Waals surface area contributed by atoms with Crippen molar-refractivity contribution in [1.82, 2.24) is 5.32 Å². The van der Waals surface area contributed by atoms with Gasteiger partial charge in [0.1, 0.15) is 18.9 Å². The summed E-state index contributed by atoms with van der Waals surface area (Å²) in [4.78, 5) is 44.8. The van der Waals surface area contributed by atoms with Gasteiger partial charge in [-0.15, -0.1) is 0 Å². The van der Waals surface area contributed by atoms with Gasteiger partial charge in [0.2, 0.25) is 5.91 Å². The van der Waals surface area contributed by atoms with E-state index in [-0.39, 0.29) is 12.8 Å². The Labute approximate surface area is 176 Å². The van der Waals surface area contributed by atoms with Gasteiger partial charge < -0.3 is 51.2 Å². The molecule has 7 atom stereocenters. The van der Waals surface area contributed by atoms with Gasteiger partial charge >= 0.3 is 17.9 Å². The molecule has 0 spiro atoms. The lowest BCUT2D eigenvalue weighted by atomic mass is 9.83. The maximum Gasteiger partial charge on any atom is 0.364 e. The van der Waals surface area contributed by atoms with Crippen molar-refractivity contribution in [1.29, 1.82) is 0 Å². The fourth-order valence-electron chi connectivity index (χ4n) is 3.12. The van der Waals surface area contributed by atoms with Crippen LogP contribution in [0.4, 0.5) is 0 Å². The number of amides is 1. The number of hydrogen-bond acceptors (Lipinski definition) is 11. The SMILES string of the molecule is CC(=O)N[C@@H](O)C1C(O)CC(O)(C(=O)O)OC1C[C@H](O)COC(=O)[C@H](N)CCC(=O)O. The minimum Gasteiger partial charge on any atom is -0.481 e. The molecular formula is C17H28N2O12. The van der Waals surface area contributed by atoms with E-state index < -0.39 is 85.6 Å². The van der Waals surface area contributed by atoms with Crippen molar-refractivity contribution < 1.29 is 59.3 Å². The highest BCUT2D eigenvalue weighted by atomic mass is 16.7. The quantitative estimate of drug-likeness (QED) is 0.112. The van der Waals surface area contributed by atoms with E-state index in [4.69, 9.17) is 25.4 Å². The molecule has 1 aliphatic rings. The second-order valence-corrected chi connectivity index (χ2v) is 7.30. The van der Waals surface area contributed by atoms with E-state index in [0.717, 1.165) is 6.92 Å². The van der Waals surface area contributed by atoms with Crippen LogP contribution in [-0.2, 0) is 28.7 Å². The minimum absolute atomic E-state index is 0.196. The number of carbonyl (C=O) groups is 4. The first-order valence-electron chi connectivity index (χ1n) is 9.35. The van der Waals surface area contributed by atoms with Gasteiger partial charge in [0.25, 0.3) is 5.79 Å². The van der Waals surface area contributed by atoms with Gasteiger partial charge in [0, 0.05) is 26.2 Å². The lowest BCUT2D eigenvalue weighted by Gasteiger charge is -2.44. The number of carboxylic acids is 2. The molecule has 9 N–H and O–H groups in total. The molecule has 1 amide bonds. The zero-order chi connectivity index (χ0) is 23.9.